The summed E-state index contributed by atoms with van der Waals surface area (Å²) in [4.78, 5) is 27.5. The highest BCUT2D eigenvalue weighted by Gasteiger charge is 2.25. The van der Waals surface area contributed by atoms with Crippen LogP contribution in [0.1, 0.15) is 39.5 Å². The molecule has 2 aliphatic rings. The zero-order valence-electron chi connectivity index (χ0n) is 12.7. The van der Waals surface area contributed by atoms with E-state index in [2.05, 4.69) is 12.2 Å². The third-order valence-electron chi connectivity index (χ3n) is 4.65. The Bertz CT molecular complexity index is 351. The molecule has 0 unspecified atom stereocenters. The second-order valence-corrected chi connectivity index (χ2v) is 6.13. The molecule has 0 aromatic heterocycles. The fourth-order valence-electron chi connectivity index (χ4n) is 3.22. The van der Waals surface area contributed by atoms with Crippen molar-refractivity contribution < 1.29 is 9.59 Å². The lowest BCUT2D eigenvalue weighted by atomic mass is 9.92. The van der Waals surface area contributed by atoms with Gasteiger partial charge in [-0.25, -0.2) is 0 Å². The average Bonchev–Trinajstić information content (AvgIpc) is 2.45. The summed E-state index contributed by atoms with van der Waals surface area (Å²) < 4.78 is 0. The number of piperidine rings is 1. The number of carbonyl (C=O) groups excluding carboxylic acids is 2. The fraction of sp³-hybridized carbons (Fsp3) is 0.867. The number of hydrogen-bond donors (Lipinski definition) is 1. The zero-order valence-corrected chi connectivity index (χ0v) is 12.7. The summed E-state index contributed by atoms with van der Waals surface area (Å²) in [6, 6.07) is 0.316. The normalized spacial score (nSPS) is 24.8. The number of carbonyl (C=O) groups is 2. The van der Waals surface area contributed by atoms with Gasteiger partial charge in [0.2, 0.25) is 11.8 Å². The first-order valence-corrected chi connectivity index (χ1v) is 7.83. The summed E-state index contributed by atoms with van der Waals surface area (Å²) >= 11 is 0. The van der Waals surface area contributed by atoms with E-state index in [9.17, 15) is 9.59 Å². The molecule has 2 saturated heterocycles. The van der Waals surface area contributed by atoms with E-state index in [1.165, 1.54) is 0 Å². The quantitative estimate of drug-likeness (QED) is 0.834. The minimum Gasteiger partial charge on any atom is -0.343 e. The van der Waals surface area contributed by atoms with Crippen LogP contribution in [0.3, 0.4) is 0 Å². The molecular formula is C15H27N3O2. The van der Waals surface area contributed by atoms with E-state index in [4.69, 9.17) is 0 Å². The van der Waals surface area contributed by atoms with Gasteiger partial charge in [0.25, 0.3) is 0 Å². The SMILES string of the molecule is CC(=O)N1CCC(CCC(=O)N2CCNC[C@@H]2C)CC1. The molecule has 0 spiro atoms. The van der Waals surface area contributed by atoms with Gasteiger partial charge in [-0.1, -0.05) is 0 Å². The van der Waals surface area contributed by atoms with Gasteiger partial charge < -0.3 is 15.1 Å². The van der Waals surface area contributed by atoms with Crippen LogP contribution in [0.4, 0.5) is 0 Å². The summed E-state index contributed by atoms with van der Waals surface area (Å²) in [5.41, 5.74) is 0. The van der Waals surface area contributed by atoms with E-state index >= 15 is 0 Å². The van der Waals surface area contributed by atoms with Crippen molar-refractivity contribution in [3.05, 3.63) is 0 Å². The smallest absolute Gasteiger partial charge is 0.222 e. The van der Waals surface area contributed by atoms with Gasteiger partial charge in [0, 0.05) is 52.1 Å². The first-order valence-electron chi connectivity index (χ1n) is 7.83. The first-order chi connectivity index (χ1) is 9.58. The topological polar surface area (TPSA) is 52.7 Å². The maximum absolute atomic E-state index is 12.3. The van der Waals surface area contributed by atoms with Crippen molar-refractivity contribution in [2.24, 2.45) is 5.92 Å². The van der Waals surface area contributed by atoms with Gasteiger partial charge in [-0.3, -0.25) is 9.59 Å². The van der Waals surface area contributed by atoms with Crippen LogP contribution in [0.5, 0.6) is 0 Å². The Labute approximate surface area is 121 Å². The summed E-state index contributed by atoms with van der Waals surface area (Å²) in [7, 11) is 0. The number of amides is 2. The van der Waals surface area contributed by atoms with Crippen molar-refractivity contribution in [1.29, 1.82) is 0 Å². The van der Waals surface area contributed by atoms with Crippen LogP contribution in [0, 0.1) is 5.92 Å². The Kier molecular flexibility index (Phi) is 5.40. The van der Waals surface area contributed by atoms with Gasteiger partial charge in [0.1, 0.15) is 0 Å². The van der Waals surface area contributed by atoms with E-state index in [0.29, 0.717) is 24.3 Å². The Balaban J connectivity index is 1.70. The van der Waals surface area contributed by atoms with Gasteiger partial charge in [-0.05, 0) is 32.1 Å². The van der Waals surface area contributed by atoms with Crippen LogP contribution in [0.25, 0.3) is 0 Å². The Morgan fingerprint density at radius 1 is 1.20 bits per heavy atom. The third-order valence-corrected chi connectivity index (χ3v) is 4.65. The average molecular weight is 281 g/mol. The largest absolute Gasteiger partial charge is 0.343 e. The minimum absolute atomic E-state index is 0.175. The summed E-state index contributed by atoms with van der Waals surface area (Å²) in [6.45, 7) is 8.11. The Morgan fingerprint density at radius 3 is 2.50 bits per heavy atom. The van der Waals surface area contributed by atoms with Crippen molar-refractivity contribution in [2.75, 3.05) is 32.7 Å². The molecule has 5 heteroatoms. The maximum Gasteiger partial charge on any atom is 0.222 e. The fourth-order valence-corrected chi connectivity index (χ4v) is 3.22. The lowest BCUT2D eigenvalue weighted by Crippen LogP contribution is -2.52. The van der Waals surface area contributed by atoms with Crippen molar-refractivity contribution in [2.45, 2.75) is 45.6 Å². The molecular weight excluding hydrogens is 254 g/mol. The minimum atomic E-state index is 0.175. The van der Waals surface area contributed by atoms with Crippen LogP contribution in [-0.4, -0.2) is 60.4 Å². The van der Waals surface area contributed by atoms with Crippen LogP contribution in [0.15, 0.2) is 0 Å². The molecule has 0 aromatic carbocycles. The molecule has 2 fully saturated rings. The molecule has 2 heterocycles. The molecule has 0 bridgehead atoms. The summed E-state index contributed by atoms with van der Waals surface area (Å²) in [5, 5.41) is 3.31. The van der Waals surface area contributed by atoms with Crippen LogP contribution >= 0.6 is 0 Å². The van der Waals surface area contributed by atoms with Gasteiger partial charge >= 0.3 is 0 Å². The number of nitrogens with one attached hydrogen (secondary N) is 1. The number of nitrogens with zero attached hydrogens (tertiary/aromatic N) is 2. The van der Waals surface area contributed by atoms with E-state index < -0.39 is 0 Å². The molecule has 0 radical (unpaired) electrons. The highest BCUT2D eigenvalue weighted by Crippen LogP contribution is 2.22. The predicted molar refractivity (Wildman–Crippen MR) is 78.3 cm³/mol. The number of likely N-dealkylation sites (tertiary alicyclic amines) is 1. The second kappa shape index (κ2) is 7.07. The maximum atomic E-state index is 12.3. The highest BCUT2D eigenvalue weighted by molar-refractivity contribution is 5.76. The van der Waals surface area contributed by atoms with Crippen LogP contribution < -0.4 is 5.32 Å². The molecule has 0 aliphatic carbocycles. The monoisotopic (exact) mass is 281 g/mol. The number of rotatable bonds is 3. The van der Waals surface area contributed by atoms with Crippen molar-refractivity contribution >= 4 is 11.8 Å². The Hall–Kier alpha value is -1.10. The molecule has 2 aliphatic heterocycles. The first kappa shape index (κ1) is 15.3. The molecule has 0 aromatic rings. The number of piperazine rings is 1. The lowest BCUT2D eigenvalue weighted by Gasteiger charge is -2.35. The molecule has 1 N–H and O–H groups in total. The molecule has 2 rings (SSSR count). The predicted octanol–water partition coefficient (Wildman–Crippen LogP) is 0.845. The third kappa shape index (κ3) is 3.95. The standard InChI is InChI=1S/C15H27N3O2/c1-12-11-16-7-10-18(12)15(20)4-3-14-5-8-17(9-6-14)13(2)19/h12,14,16H,3-11H2,1-2H3/t12-/m0/s1. The van der Waals surface area contributed by atoms with Gasteiger partial charge in [-0.15, -0.1) is 0 Å². The van der Waals surface area contributed by atoms with Crippen molar-refractivity contribution in [1.82, 2.24) is 15.1 Å². The van der Waals surface area contributed by atoms with Crippen LogP contribution in [0.2, 0.25) is 0 Å². The van der Waals surface area contributed by atoms with Gasteiger partial charge in [0.15, 0.2) is 0 Å². The van der Waals surface area contributed by atoms with E-state index in [1.54, 1.807) is 6.92 Å². The van der Waals surface area contributed by atoms with E-state index in [-0.39, 0.29) is 5.91 Å². The lowest BCUT2D eigenvalue weighted by molar-refractivity contribution is -0.135. The molecule has 0 saturated carbocycles. The summed E-state index contributed by atoms with van der Waals surface area (Å²) in [6.07, 6.45) is 3.73. The molecule has 1 atom stereocenters. The van der Waals surface area contributed by atoms with Crippen molar-refractivity contribution in [3.8, 4) is 0 Å². The molecule has 20 heavy (non-hydrogen) atoms. The van der Waals surface area contributed by atoms with Crippen LogP contribution in [-0.2, 0) is 9.59 Å². The zero-order chi connectivity index (χ0) is 14.5. The summed E-state index contributed by atoms with van der Waals surface area (Å²) in [5.74, 6) is 1.08. The Morgan fingerprint density at radius 2 is 1.90 bits per heavy atom. The highest BCUT2D eigenvalue weighted by atomic mass is 16.2. The molecule has 114 valence electrons. The van der Waals surface area contributed by atoms with Gasteiger partial charge in [0.05, 0.1) is 0 Å². The van der Waals surface area contributed by atoms with Gasteiger partial charge in [-0.2, -0.15) is 0 Å². The van der Waals surface area contributed by atoms with E-state index in [0.717, 1.165) is 52.0 Å². The molecule has 5 nitrogen and oxygen atoms in total. The van der Waals surface area contributed by atoms with Crippen molar-refractivity contribution in [3.63, 3.8) is 0 Å². The number of hydrogen-bond acceptors (Lipinski definition) is 3. The molecule has 2 amide bonds. The second-order valence-electron chi connectivity index (χ2n) is 6.13. The van der Waals surface area contributed by atoms with E-state index in [1.807, 2.05) is 9.80 Å².